The van der Waals surface area contributed by atoms with Crippen molar-refractivity contribution in [1.82, 2.24) is 4.90 Å². The molecule has 20 heavy (non-hydrogen) atoms. The number of aliphatic carboxylic acids is 1. The molecule has 1 aromatic carbocycles. The third kappa shape index (κ3) is 4.72. The Labute approximate surface area is 120 Å². The second kappa shape index (κ2) is 6.12. The van der Waals surface area contributed by atoms with E-state index in [1.165, 1.54) is 13.1 Å². The molecule has 1 rings (SSSR count). The summed E-state index contributed by atoms with van der Waals surface area (Å²) in [5.41, 5.74) is -1.02. The summed E-state index contributed by atoms with van der Waals surface area (Å²) in [5.74, 6) is -1.23. The molecule has 0 saturated carbocycles. The van der Waals surface area contributed by atoms with Gasteiger partial charge in [0.15, 0.2) is 0 Å². The Morgan fingerprint density at radius 3 is 2.45 bits per heavy atom. The number of rotatable bonds is 3. The molecule has 0 aliphatic heterocycles. The van der Waals surface area contributed by atoms with Crippen molar-refractivity contribution in [3.63, 3.8) is 0 Å². The number of carbonyl (C=O) groups excluding carboxylic acids is 1. The number of carboxylic acid groups (broad SMARTS) is 1. The summed E-state index contributed by atoms with van der Waals surface area (Å²) in [6, 6.07) is 2.09. The Bertz CT molecular complexity index is 534. The highest BCUT2D eigenvalue weighted by atomic mass is 79.9. The van der Waals surface area contributed by atoms with Crippen LogP contribution in [0.4, 0.5) is 23.7 Å². The Hall–Kier alpha value is -1.77. The van der Waals surface area contributed by atoms with Gasteiger partial charge in [0.2, 0.25) is 0 Å². The predicted molar refractivity (Wildman–Crippen MR) is 68.4 cm³/mol. The fraction of sp³-hybridized carbons (Fsp3) is 0.273. The fourth-order valence-electron chi connectivity index (χ4n) is 1.32. The average molecular weight is 355 g/mol. The van der Waals surface area contributed by atoms with Crippen LogP contribution < -0.4 is 5.32 Å². The number of likely N-dealkylation sites (N-methyl/N-ethyl adjacent to an activating group) is 1. The molecule has 0 aromatic heterocycles. The van der Waals surface area contributed by atoms with E-state index >= 15 is 0 Å². The number of nitrogens with one attached hydrogen (secondary N) is 1. The smallest absolute Gasteiger partial charge is 0.416 e. The lowest BCUT2D eigenvalue weighted by Gasteiger charge is -2.16. The molecule has 0 atom stereocenters. The van der Waals surface area contributed by atoms with E-state index in [0.717, 1.165) is 17.0 Å². The number of hydrogen-bond donors (Lipinski definition) is 2. The first-order valence-electron chi connectivity index (χ1n) is 5.21. The van der Waals surface area contributed by atoms with Crippen molar-refractivity contribution < 1.29 is 27.9 Å². The molecule has 0 fully saturated rings. The normalized spacial score (nSPS) is 11.1. The second-order valence-electron chi connectivity index (χ2n) is 3.91. The van der Waals surface area contributed by atoms with E-state index in [0.29, 0.717) is 0 Å². The van der Waals surface area contributed by atoms with Crippen molar-refractivity contribution in [2.45, 2.75) is 6.18 Å². The first-order chi connectivity index (χ1) is 9.09. The first-order valence-corrected chi connectivity index (χ1v) is 6.00. The summed E-state index contributed by atoms with van der Waals surface area (Å²) >= 11 is 2.91. The number of hydrogen-bond acceptors (Lipinski definition) is 2. The number of urea groups is 1. The summed E-state index contributed by atoms with van der Waals surface area (Å²) in [4.78, 5) is 22.8. The molecule has 0 spiro atoms. The van der Waals surface area contributed by atoms with Gasteiger partial charge in [-0.05, 0) is 18.2 Å². The Kier molecular flexibility index (Phi) is 4.98. The molecule has 5 nitrogen and oxygen atoms in total. The Morgan fingerprint density at radius 2 is 1.95 bits per heavy atom. The monoisotopic (exact) mass is 354 g/mol. The highest BCUT2D eigenvalue weighted by Gasteiger charge is 2.31. The Morgan fingerprint density at radius 1 is 1.35 bits per heavy atom. The summed E-state index contributed by atoms with van der Waals surface area (Å²) in [7, 11) is 1.21. The minimum absolute atomic E-state index is 0.0889. The zero-order chi connectivity index (χ0) is 15.5. The van der Waals surface area contributed by atoms with Gasteiger partial charge in [-0.15, -0.1) is 0 Å². The van der Waals surface area contributed by atoms with Gasteiger partial charge in [0, 0.05) is 17.2 Å². The van der Waals surface area contributed by atoms with E-state index in [1.54, 1.807) is 0 Å². The lowest BCUT2D eigenvalue weighted by Crippen LogP contribution is -2.35. The van der Waals surface area contributed by atoms with Gasteiger partial charge in [0.25, 0.3) is 0 Å². The molecular weight excluding hydrogens is 345 g/mol. The lowest BCUT2D eigenvalue weighted by atomic mass is 10.2. The van der Waals surface area contributed by atoms with Crippen LogP contribution in [0.2, 0.25) is 0 Å². The van der Waals surface area contributed by atoms with Crippen LogP contribution in [0.1, 0.15) is 5.56 Å². The first kappa shape index (κ1) is 16.3. The van der Waals surface area contributed by atoms with Gasteiger partial charge in [0.05, 0.1) is 5.56 Å². The van der Waals surface area contributed by atoms with Gasteiger partial charge in [-0.2, -0.15) is 13.2 Å². The van der Waals surface area contributed by atoms with Crippen molar-refractivity contribution in [3.8, 4) is 0 Å². The van der Waals surface area contributed by atoms with Gasteiger partial charge in [-0.25, -0.2) is 4.79 Å². The zero-order valence-corrected chi connectivity index (χ0v) is 11.7. The van der Waals surface area contributed by atoms with Gasteiger partial charge in [-0.1, -0.05) is 15.9 Å². The minimum Gasteiger partial charge on any atom is -0.480 e. The molecular formula is C11H10BrF3N2O3. The molecule has 0 heterocycles. The van der Waals surface area contributed by atoms with Crippen molar-refractivity contribution in [1.29, 1.82) is 0 Å². The van der Waals surface area contributed by atoms with Crippen LogP contribution in [-0.2, 0) is 11.0 Å². The summed E-state index contributed by atoms with van der Waals surface area (Å²) in [5, 5.41) is 10.7. The predicted octanol–water partition coefficient (Wildman–Crippen LogP) is 3.02. The summed E-state index contributed by atoms with van der Waals surface area (Å²) in [6.45, 7) is -0.564. The molecule has 0 aliphatic carbocycles. The largest absolute Gasteiger partial charge is 0.480 e. The number of anilines is 1. The fourth-order valence-corrected chi connectivity index (χ4v) is 1.81. The highest BCUT2D eigenvalue weighted by Crippen LogP contribution is 2.33. The standard InChI is InChI=1S/C11H10BrF3N2O3/c1-17(5-9(18)19)10(20)16-8-3-6(11(13,14)15)2-7(12)4-8/h2-4H,5H2,1H3,(H,16,20)(H,18,19). The van der Waals surface area contributed by atoms with Crippen molar-refractivity contribution in [3.05, 3.63) is 28.2 Å². The molecule has 0 radical (unpaired) electrons. The van der Waals surface area contributed by atoms with Gasteiger partial charge >= 0.3 is 18.2 Å². The highest BCUT2D eigenvalue weighted by molar-refractivity contribution is 9.10. The van der Waals surface area contributed by atoms with E-state index < -0.39 is 30.3 Å². The van der Waals surface area contributed by atoms with E-state index in [1.807, 2.05) is 0 Å². The maximum Gasteiger partial charge on any atom is 0.416 e. The zero-order valence-electron chi connectivity index (χ0n) is 10.2. The number of carbonyl (C=O) groups is 2. The van der Waals surface area contributed by atoms with Crippen LogP contribution in [0.15, 0.2) is 22.7 Å². The van der Waals surface area contributed by atoms with Crippen LogP contribution in [0, 0.1) is 0 Å². The van der Waals surface area contributed by atoms with Crippen LogP contribution in [0.25, 0.3) is 0 Å². The average Bonchev–Trinajstić information content (AvgIpc) is 2.25. The molecule has 0 bridgehead atoms. The number of alkyl halides is 3. The molecule has 1 aromatic rings. The van der Waals surface area contributed by atoms with Crippen molar-refractivity contribution in [2.24, 2.45) is 0 Å². The lowest BCUT2D eigenvalue weighted by molar-refractivity contribution is -0.138. The molecule has 2 N–H and O–H groups in total. The summed E-state index contributed by atoms with van der Waals surface area (Å²) in [6.07, 6.45) is -4.55. The number of benzene rings is 1. The van der Waals surface area contributed by atoms with E-state index in [4.69, 9.17) is 5.11 Å². The number of amides is 2. The van der Waals surface area contributed by atoms with Crippen LogP contribution in [0.3, 0.4) is 0 Å². The van der Waals surface area contributed by atoms with Crippen molar-refractivity contribution in [2.75, 3.05) is 18.9 Å². The number of nitrogens with zero attached hydrogens (tertiary/aromatic N) is 1. The molecule has 0 aliphatic rings. The quantitative estimate of drug-likeness (QED) is 0.876. The van der Waals surface area contributed by atoms with E-state index in [2.05, 4.69) is 21.2 Å². The van der Waals surface area contributed by atoms with Gasteiger partial charge in [0.1, 0.15) is 6.54 Å². The van der Waals surface area contributed by atoms with Crippen LogP contribution >= 0.6 is 15.9 Å². The van der Waals surface area contributed by atoms with Gasteiger partial charge in [-0.3, -0.25) is 4.79 Å². The third-order valence-corrected chi connectivity index (χ3v) is 2.65. The van der Waals surface area contributed by atoms with Crippen molar-refractivity contribution >= 4 is 33.6 Å². The van der Waals surface area contributed by atoms with E-state index in [9.17, 15) is 22.8 Å². The topological polar surface area (TPSA) is 69.6 Å². The van der Waals surface area contributed by atoms with Crippen LogP contribution in [-0.4, -0.2) is 35.6 Å². The number of halogens is 4. The number of carboxylic acids is 1. The Balaban J connectivity index is 2.90. The van der Waals surface area contributed by atoms with Crippen LogP contribution in [0.5, 0.6) is 0 Å². The molecule has 0 saturated heterocycles. The van der Waals surface area contributed by atoms with Gasteiger partial charge < -0.3 is 15.3 Å². The molecule has 2 amide bonds. The SMILES string of the molecule is CN(CC(=O)O)C(=O)Nc1cc(Br)cc(C(F)(F)F)c1. The molecule has 9 heteroatoms. The third-order valence-electron chi connectivity index (χ3n) is 2.20. The minimum atomic E-state index is -4.55. The molecule has 110 valence electrons. The maximum atomic E-state index is 12.6. The maximum absolute atomic E-state index is 12.6. The van der Waals surface area contributed by atoms with E-state index in [-0.39, 0.29) is 10.2 Å². The molecule has 0 unspecified atom stereocenters. The summed E-state index contributed by atoms with van der Waals surface area (Å²) < 4.78 is 37.9. The second-order valence-corrected chi connectivity index (χ2v) is 4.82.